The Morgan fingerprint density at radius 3 is 2.40 bits per heavy atom. The number of aliphatic hydroxyl groups excluding tert-OH is 1. The van der Waals surface area contributed by atoms with E-state index in [-0.39, 0.29) is 18.4 Å². The average Bonchev–Trinajstić information content (AvgIpc) is 2.80. The standard InChI is InChI=1S/C21H25NO4.2C2H6/c1-14(22-12-18(24)17-6-4-3-5-7-17)10-16-8-9-19-20(11-16)25-13-21(26-19)15(2)23;2*1-2/h3-9,11,14,18,21-22,24H,10,12-13H2,1-2H3;2*1-2H3/t14-,18+,21-;;/m1../s1. The van der Waals surface area contributed by atoms with Gasteiger partial charge in [-0.1, -0.05) is 64.1 Å². The largest absolute Gasteiger partial charge is 0.485 e. The Balaban J connectivity index is 0.00000106. The third-order valence-electron chi connectivity index (χ3n) is 4.51. The minimum atomic E-state index is -0.526. The first kappa shape index (κ1) is 25.7. The van der Waals surface area contributed by atoms with E-state index < -0.39 is 12.2 Å². The summed E-state index contributed by atoms with van der Waals surface area (Å²) in [5.74, 6) is 1.26. The van der Waals surface area contributed by atoms with Gasteiger partial charge >= 0.3 is 0 Å². The summed E-state index contributed by atoms with van der Waals surface area (Å²) in [5, 5.41) is 13.6. The second-order valence-corrected chi connectivity index (χ2v) is 6.75. The highest BCUT2D eigenvalue weighted by Gasteiger charge is 2.24. The zero-order chi connectivity index (χ0) is 22.5. The fraction of sp³-hybridized carbons (Fsp3) is 0.480. The summed E-state index contributed by atoms with van der Waals surface area (Å²) < 4.78 is 11.3. The molecule has 0 aliphatic carbocycles. The molecule has 0 aromatic heterocycles. The lowest BCUT2D eigenvalue weighted by atomic mass is 10.0. The first-order valence-electron chi connectivity index (χ1n) is 10.9. The molecule has 0 amide bonds. The van der Waals surface area contributed by atoms with Crippen molar-refractivity contribution in [2.45, 2.75) is 66.2 Å². The molecule has 1 heterocycles. The van der Waals surface area contributed by atoms with Crippen LogP contribution in [-0.4, -0.2) is 36.2 Å². The monoisotopic (exact) mass is 415 g/mol. The van der Waals surface area contributed by atoms with Crippen LogP contribution in [0, 0.1) is 0 Å². The molecular weight excluding hydrogens is 378 g/mol. The smallest absolute Gasteiger partial charge is 0.190 e. The first-order valence-corrected chi connectivity index (χ1v) is 10.9. The van der Waals surface area contributed by atoms with Crippen LogP contribution in [-0.2, 0) is 11.2 Å². The molecule has 3 rings (SSSR count). The topological polar surface area (TPSA) is 67.8 Å². The molecule has 30 heavy (non-hydrogen) atoms. The van der Waals surface area contributed by atoms with Crippen molar-refractivity contribution in [2.24, 2.45) is 0 Å². The normalized spacial score (nSPS) is 16.2. The number of Topliss-reactive ketones (excluding diaryl/α,β-unsaturated/α-hetero) is 1. The Labute approximate surface area is 181 Å². The van der Waals surface area contributed by atoms with E-state index in [0.717, 1.165) is 17.5 Å². The molecule has 0 saturated heterocycles. The lowest BCUT2D eigenvalue weighted by molar-refractivity contribution is -0.125. The second-order valence-electron chi connectivity index (χ2n) is 6.75. The summed E-state index contributed by atoms with van der Waals surface area (Å²) >= 11 is 0. The summed E-state index contributed by atoms with van der Waals surface area (Å²) in [5.41, 5.74) is 2.02. The van der Waals surface area contributed by atoms with E-state index in [1.54, 1.807) is 0 Å². The minimum Gasteiger partial charge on any atom is -0.485 e. The van der Waals surface area contributed by atoms with Gasteiger partial charge in [0.05, 0.1) is 6.10 Å². The van der Waals surface area contributed by atoms with E-state index in [9.17, 15) is 9.90 Å². The number of carbonyl (C=O) groups is 1. The average molecular weight is 416 g/mol. The second kappa shape index (κ2) is 13.8. The predicted molar refractivity (Wildman–Crippen MR) is 122 cm³/mol. The summed E-state index contributed by atoms with van der Waals surface area (Å²) in [7, 11) is 0. The van der Waals surface area contributed by atoms with Crippen molar-refractivity contribution in [1.82, 2.24) is 5.32 Å². The number of benzene rings is 2. The van der Waals surface area contributed by atoms with Crippen molar-refractivity contribution in [3.8, 4) is 11.5 Å². The zero-order valence-electron chi connectivity index (χ0n) is 19.1. The van der Waals surface area contributed by atoms with Crippen LogP contribution >= 0.6 is 0 Å². The highest BCUT2D eigenvalue weighted by molar-refractivity contribution is 5.81. The van der Waals surface area contributed by atoms with Crippen LogP contribution in [0.4, 0.5) is 0 Å². The van der Waals surface area contributed by atoms with E-state index in [4.69, 9.17) is 9.47 Å². The van der Waals surface area contributed by atoms with Crippen LogP contribution < -0.4 is 14.8 Å². The maximum Gasteiger partial charge on any atom is 0.190 e. The van der Waals surface area contributed by atoms with Crippen molar-refractivity contribution in [2.75, 3.05) is 13.2 Å². The highest BCUT2D eigenvalue weighted by Crippen LogP contribution is 2.33. The van der Waals surface area contributed by atoms with Crippen molar-refractivity contribution in [1.29, 1.82) is 0 Å². The molecule has 0 bridgehead atoms. The van der Waals surface area contributed by atoms with Crippen molar-refractivity contribution < 1.29 is 19.4 Å². The number of ether oxygens (including phenoxy) is 2. The molecule has 0 radical (unpaired) electrons. The van der Waals surface area contributed by atoms with Gasteiger partial charge in [0.25, 0.3) is 0 Å². The number of nitrogens with one attached hydrogen (secondary N) is 1. The van der Waals surface area contributed by atoms with Gasteiger partial charge in [-0.2, -0.15) is 0 Å². The zero-order valence-corrected chi connectivity index (χ0v) is 19.1. The molecule has 0 spiro atoms. The SMILES string of the molecule is CC.CC.CC(=O)[C@H]1COc2cc(C[C@@H](C)NC[C@H](O)c3ccccc3)ccc2O1. The molecule has 0 saturated carbocycles. The van der Waals surface area contributed by atoms with E-state index in [0.29, 0.717) is 18.0 Å². The third kappa shape index (κ3) is 7.81. The number of carbonyl (C=O) groups excluding carboxylic acids is 1. The van der Waals surface area contributed by atoms with Gasteiger partial charge in [0.2, 0.25) is 0 Å². The maximum atomic E-state index is 11.4. The fourth-order valence-electron chi connectivity index (χ4n) is 2.97. The molecule has 1 aliphatic heterocycles. The molecule has 0 fully saturated rings. The number of ketones is 1. The first-order chi connectivity index (χ1) is 14.5. The van der Waals surface area contributed by atoms with Crippen molar-refractivity contribution in [3.63, 3.8) is 0 Å². The lowest BCUT2D eigenvalue weighted by Gasteiger charge is -2.25. The molecule has 3 atom stereocenters. The Bertz CT molecular complexity index is 748. The predicted octanol–water partition coefficient (Wildman–Crippen LogP) is 4.72. The van der Waals surface area contributed by atoms with Crippen LogP contribution in [0.3, 0.4) is 0 Å². The van der Waals surface area contributed by atoms with Crippen LogP contribution in [0.25, 0.3) is 0 Å². The molecule has 5 heteroatoms. The number of rotatable bonds is 7. The molecule has 2 aromatic carbocycles. The molecule has 5 nitrogen and oxygen atoms in total. The van der Waals surface area contributed by atoms with Crippen LogP contribution in [0.1, 0.15) is 58.8 Å². The Hall–Kier alpha value is -2.37. The highest BCUT2D eigenvalue weighted by atomic mass is 16.6. The summed E-state index contributed by atoms with van der Waals surface area (Å²) in [4.78, 5) is 11.4. The summed E-state index contributed by atoms with van der Waals surface area (Å²) in [6.45, 7) is 12.3. The van der Waals surface area contributed by atoms with Crippen molar-refractivity contribution in [3.05, 3.63) is 59.7 Å². The van der Waals surface area contributed by atoms with Gasteiger partial charge in [0.15, 0.2) is 23.4 Å². The molecule has 166 valence electrons. The van der Waals surface area contributed by atoms with Gasteiger partial charge in [-0.25, -0.2) is 0 Å². The lowest BCUT2D eigenvalue weighted by Crippen LogP contribution is -2.35. The third-order valence-corrected chi connectivity index (χ3v) is 4.51. The van der Waals surface area contributed by atoms with Gasteiger partial charge in [-0.05, 0) is 43.5 Å². The molecule has 2 aromatic rings. The molecular formula is C25H37NO4. The number of fused-ring (bicyclic) bond motifs is 1. The van der Waals surface area contributed by atoms with Crippen LogP contribution in [0.15, 0.2) is 48.5 Å². The van der Waals surface area contributed by atoms with Gasteiger partial charge < -0.3 is 19.9 Å². The molecule has 1 aliphatic rings. The van der Waals surface area contributed by atoms with E-state index in [1.165, 1.54) is 6.92 Å². The minimum absolute atomic E-state index is 0.0328. The van der Waals surface area contributed by atoms with E-state index in [2.05, 4.69) is 12.2 Å². The maximum absolute atomic E-state index is 11.4. The number of hydrogen-bond donors (Lipinski definition) is 2. The Morgan fingerprint density at radius 2 is 1.77 bits per heavy atom. The number of hydrogen-bond acceptors (Lipinski definition) is 5. The summed E-state index contributed by atoms with van der Waals surface area (Å²) in [6.07, 6.45) is -0.246. The van der Waals surface area contributed by atoms with E-state index >= 15 is 0 Å². The van der Waals surface area contributed by atoms with Crippen molar-refractivity contribution >= 4 is 5.78 Å². The molecule has 2 N–H and O–H groups in total. The summed E-state index contributed by atoms with van der Waals surface area (Å²) in [6, 6.07) is 15.6. The Kier molecular flexibility index (Phi) is 11.8. The Morgan fingerprint density at radius 1 is 1.10 bits per heavy atom. The van der Waals surface area contributed by atoms with Gasteiger partial charge in [-0.3, -0.25) is 4.79 Å². The van der Waals surface area contributed by atoms with Gasteiger partial charge in [0.1, 0.15) is 6.61 Å². The van der Waals surface area contributed by atoms with Gasteiger partial charge in [-0.15, -0.1) is 0 Å². The van der Waals surface area contributed by atoms with Crippen LogP contribution in [0.5, 0.6) is 11.5 Å². The quantitative estimate of drug-likeness (QED) is 0.685. The van der Waals surface area contributed by atoms with E-state index in [1.807, 2.05) is 76.2 Å². The van der Waals surface area contributed by atoms with Crippen LogP contribution in [0.2, 0.25) is 0 Å². The number of aliphatic hydroxyl groups is 1. The fourth-order valence-corrected chi connectivity index (χ4v) is 2.97. The molecule has 0 unspecified atom stereocenters. The van der Waals surface area contributed by atoms with Gasteiger partial charge in [0, 0.05) is 12.6 Å².